The van der Waals surface area contributed by atoms with Gasteiger partial charge in [0.25, 0.3) is 0 Å². The number of guanidine groups is 1. The number of nitrogens with zero attached hydrogens (tertiary/aromatic N) is 2. The van der Waals surface area contributed by atoms with Gasteiger partial charge in [-0.25, -0.2) is 0 Å². The van der Waals surface area contributed by atoms with E-state index in [-0.39, 0.29) is 5.91 Å². The summed E-state index contributed by atoms with van der Waals surface area (Å²) in [5, 5.41) is 9.09. The Hall–Kier alpha value is -3.54. The van der Waals surface area contributed by atoms with Crippen LogP contribution in [0.3, 0.4) is 0 Å². The first-order chi connectivity index (χ1) is 16.2. The van der Waals surface area contributed by atoms with E-state index < -0.39 is 0 Å². The van der Waals surface area contributed by atoms with Crippen LogP contribution in [-0.4, -0.2) is 43.5 Å². The van der Waals surface area contributed by atoms with Crippen LogP contribution in [0, 0.1) is 0 Å². The summed E-state index contributed by atoms with van der Waals surface area (Å²) in [7, 11) is 1.77. The Kier molecular flexibility index (Phi) is 7.80. The molecule has 0 atom stereocenters. The summed E-state index contributed by atoms with van der Waals surface area (Å²) in [6.07, 6.45) is 2.53. The molecule has 0 spiro atoms. The number of fused-ring (bicyclic) bond motifs is 1. The summed E-state index contributed by atoms with van der Waals surface area (Å²) in [6, 6.07) is 22.9. The molecule has 6 nitrogen and oxygen atoms in total. The molecule has 1 saturated heterocycles. The van der Waals surface area contributed by atoms with Crippen molar-refractivity contribution in [3.8, 4) is 5.75 Å². The fourth-order valence-corrected chi connectivity index (χ4v) is 3.99. The van der Waals surface area contributed by atoms with Crippen LogP contribution in [0.2, 0.25) is 0 Å². The zero-order chi connectivity index (χ0) is 22.9. The van der Waals surface area contributed by atoms with Gasteiger partial charge in [0, 0.05) is 39.6 Å². The summed E-state index contributed by atoms with van der Waals surface area (Å²) >= 11 is 0. The second-order valence-corrected chi connectivity index (χ2v) is 8.30. The van der Waals surface area contributed by atoms with Crippen molar-refractivity contribution in [3.05, 3.63) is 77.9 Å². The number of aliphatic imine (C=N–C) groups is 1. The zero-order valence-electron chi connectivity index (χ0n) is 19.2. The van der Waals surface area contributed by atoms with E-state index in [1.54, 1.807) is 7.05 Å². The van der Waals surface area contributed by atoms with Gasteiger partial charge in [-0.3, -0.25) is 9.79 Å². The van der Waals surface area contributed by atoms with Crippen molar-refractivity contribution in [1.29, 1.82) is 0 Å². The molecule has 1 amide bonds. The molecular formula is C27H32N4O2. The quantitative estimate of drug-likeness (QED) is 0.296. The minimum absolute atomic E-state index is 0.262. The maximum absolute atomic E-state index is 11.8. The van der Waals surface area contributed by atoms with Crippen LogP contribution in [-0.2, 0) is 17.9 Å². The van der Waals surface area contributed by atoms with Gasteiger partial charge in [-0.15, -0.1) is 0 Å². The van der Waals surface area contributed by atoms with Crippen molar-refractivity contribution in [2.45, 2.75) is 32.4 Å². The third-order valence-corrected chi connectivity index (χ3v) is 5.85. The lowest BCUT2D eigenvalue weighted by Gasteiger charge is -2.16. The van der Waals surface area contributed by atoms with Crippen molar-refractivity contribution in [3.63, 3.8) is 0 Å². The number of rotatable bonds is 9. The molecule has 0 bridgehead atoms. The lowest BCUT2D eigenvalue weighted by molar-refractivity contribution is -0.128. The molecule has 3 aromatic carbocycles. The predicted octanol–water partition coefficient (Wildman–Crippen LogP) is 4.10. The first kappa shape index (κ1) is 22.6. The van der Waals surface area contributed by atoms with E-state index in [4.69, 9.17) is 4.74 Å². The molecule has 0 radical (unpaired) electrons. The standard InChI is InChI=1S/C27H32N4O2/c1-28-27(29-15-5-17-33-25-14-13-23-6-2-3-7-24(23)18-25)30-19-21-9-11-22(12-10-21)20-31-16-4-8-26(31)32/h2-3,6-7,9-14,18H,4-5,8,15-17,19-20H2,1H3,(H2,28,29,30). The van der Waals surface area contributed by atoms with Gasteiger partial charge in [-0.05, 0) is 46.9 Å². The molecule has 2 N–H and O–H groups in total. The number of likely N-dealkylation sites (tertiary alicyclic amines) is 1. The smallest absolute Gasteiger partial charge is 0.222 e. The minimum Gasteiger partial charge on any atom is -0.494 e. The molecule has 1 heterocycles. The Bertz CT molecular complexity index is 1090. The number of nitrogens with one attached hydrogen (secondary N) is 2. The van der Waals surface area contributed by atoms with Gasteiger partial charge in [0.15, 0.2) is 5.96 Å². The first-order valence-electron chi connectivity index (χ1n) is 11.6. The van der Waals surface area contributed by atoms with Crippen LogP contribution in [0.15, 0.2) is 71.7 Å². The maximum atomic E-state index is 11.8. The Labute approximate surface area is 195 Å². The van der Waals surface area contributed by atoms with E-state index in [2.05, 4.69) is 64.2 Å². The largest absolute Gasteiger partial charge is 0.494 e. The molecule has 3 aromatic rings. The molecular weight excluding hydrogens is 412 g/mol. The molecule has 1 aliphatic heterocycles. The molecule has 0 aromatic heterocycles. The van der Waals surface area contributed by atoms with Gasteiger partial charge in [0.1, 0.15) is 5.75 Å². The van der Waals surface area contributed by atoms with Crippen LogP contribution < -0.4 is 15.4 Å². The van der Waals surface area contributed by atoms with Crippen molar-refractivity contribution in [2.75, 3.05) is 26.7 Å². The molecule has 1 fully saturated rings. The highest BCUT2D eigenvalue weighted by Crippen LogP contribution is 2.20. The second kappa shape index (κ2) is 11.4. The molecule has 172 valence electrons. The summed E-state index contributed by atoms with van der Waals surface area (Å²) in [6.45, 7) is 3.68. The molecule has 4 rings (SSSR count). The Balaban J connectivity index is 1.15. The zero-order valence-corrected chi connectivity index (χ0v) is 19.2. The van der Waals surface area contributed by atoms with E-state index in [0.29, 0.717) is 26.1 Å². The fourth-order valence-electron chi connectivity index (χ4n) is 3.99. The number of hydrogen-bond acceptors (Lipinski definition) is 3. The van der Waals surface area contributed by atoms with Crippen molar-refractivity contribution in [2.24, 2.45) is 4.99 Å². The number of ether oxygens (including phenoxy) is 1. The number of hydrogen-bond donors (Lipinski definition) is 2. The SMILES string of the molecule is CN=C(NCCCOc1ccc2ccccc2c1)NCc1ccc(CN2CCCC2=O)cc1. The van der Waals surface area contributed by atoms with E-state index in [9.17, 15) is 4.79 Å². The Morgan fingerprint density at radius 1 is 1.00 bits per heavy atom. The number of amides is 1. The molecule has 1 aliphatic rings. The lowest BCUT2D eigenvalue weighted by Crippen LogP contribution is -2.37. The van der Waals surface area contributed by atoms with Crippen LogP contribution in [0.1, 0.15) is 30.4 Å². The van der Waals surface area contributed by atoms with E-state index >= 15 is 0 Å². The van der Waals surface area contributed by atoms with Gasteiger partial charge < -0.3 is 20.3 Å². The monoisotopic (exact) mass is 444 g/mol. The van der Waals surface area contributed by atoms with Crippen molar-refractivity contribution >= 4 is 22.6 Å². The van der Waals surface area contributed by atoms with Crippen LogP contribution in [0.5, 0.6) is 5.75 Å². The maximum Gasteiger partial charge on any atom is 0.222 e. The molecule has 0 unspecified atom stereocenters. The van der Waals surface area contributed by atoms with Crippen molar-refractivity contribution < 1.29 is 9.53 Å². The van der Waals surface area contributed by atoms with Crippen LogP contribution >= 0.6 is 0 Å². The fraction of sp³-hybridized carbons (Fsp3) is 0.333. The highest BCUT2D eigenvalue weighted by atomic mass is 16.5. The van der Waals surface area contributed by atoms with Crippen molar-refractivity contribution in [1.82, 2.24) is 15.5 Å². The Morgan fingerprint density at radius 3 is 2.55 bits per heavy atom. The van der Waals surface area contributed by atoms with E-state index in [0.717, 1.165) is 37.6 Å². The van der Waals surface area contributed by atoms with E-state index in [1.165, 1.54) is 21.9 Å². The summed E-state index contributed by atoms with van der Waals surface area (Å²) in [5.74, 6) is 1.93. The third-order valence-electron chi connectivity index (χ3n) is 5.85. The molecule has 6 heteroatoms. The highest BCUT2D eigenvalue weighted by molar-refractivity contribution is 5.83. The van der Waals surface area contributed by atoms with Gasteiger partial charge in [0.2, 0.25) is 5.91 Å². The normalized spacial score (nSPS) is 14.0. The van der Waals surface area contributed by atoms with Gasteiger partial charge in [0.05, 0.1) is 6.61 Å². The summed E-state index contributed by atoms with van der Waals surface area (Å²) in [4.78, 5) is 18.0. The lowest BCUT2D eigenvalue weighted by atomic mass is 10.1. The average Bonchev–Trinajstić information content (AvgIpc) is 3.25. The van der Waals surface area contributed by atoms with Gasteiger partial charge >= 0.3 is 0 Å². The van der Waals surface area contributed by atoms with Gasteiger partial charge in [-0.2, -0.15) is 0 Å². The third kappa shape index (κ3) is 6.48. The summed E-state index contributed by atoms with van der Waals surface area (Å²) in [5.41, 5.74) is 2.34. The highest BCUT2D eigenvalue weighted by Gasteiger charge is 2.19. The molecule has 33 heavy (non-hydrogen) atoms. The number of carbonyl (C=O) groups is 1. The number of benzene rings is 3. The molecule has 0 aliphatic carbocycles. The topological polar surface area (TPSA) is 66.0 Å². The summed E-state index contributed by atoms with van der Waals surface area (Å²) < 4.78 is 5.90. The van der Waals surface area contributed by atoms with E-state index in [1.807, 2.05) is 23.1 Å². The van der Waals surface area contributed by atoms with Crippen LogP contribution in [0.4, 0.5) is 0 Å². The number of carbonyl (C=O) groups excluding carboxylic acids is 1. The molecule has 0 saturated carbocycles. The average molecular weight is 445 g/mol. The Morgan fingerprint density at radius 2 is 1.79 bits per heavy atom. The van der Waals surface area contributed by atoms with Gasteiger partial charge in [-0.1, -0.05) is 54.6 Å². The first-order valence-corrected chi connectivity index (χ1v) is 11.6. The van der Waals surface area contributed by atoms with Crippen LogP contribution in [0.25, 0.3) is 10.8 Å². The minimum atomic E-state index is 0.262. The predicted molar refractivity (Wildman–Crippen MR) is 133 cm³/mol. The second-order valence-electron chi connectivity index (χ2n) is 8.30.